The Morgan fingerprint density at radius 3 is 2.35 bits per heavy atom. The van der Waals surface area contributed by atoms with E-state index in [1.165, 1.54) is 11.3 Å². The minimum absolute atomic E-state index is 0.0266. The average molecular weight is 480 g/mol. The summed E-state index contributed by atoms with van der Waals surface area (Å²) in [4.78, 5) is 40.4. The third-order valence-corrected chi connectivity index (χ3v) is 6.72. The number of benzene rings is 2. The van der Waals surface area contributed by atoms with Gasteiger partial charge in [0, 0.05) is 23.4 Å². The van der Waals surface area contributed by atoms with Crippen LogP contribution in [-0.4, -0.2) is 40.7 Å². The van der Waals surface area contributed by atoms with Crippen molar-refractivity contribution >= 4 is 34.4 Å². The number of aryl methyl sites for hydroxylation is 1. The fraction of sp³-hybridized carbons (Fsp3) is 0.280. The van der Waals surface area contributed by atoms with E-state index in [9.17, 15) is 14.4 Å². The van der Waals surface area contributed by atoms with Gasteiger partial charge in [0.2, 0.25) is 5.91 Å². The van der Waals surface area contributed by atoms with Gasteiger partial charge < -0.3 is 15.2 Å². The lowest BCUT2D eigenvalue weighted by molar-refractivity contribution is -0.141. The highest BCUT2D eigenvalue weighted by Crippen LogP contribution is 2.44. The minimum atomic E-state index is -1.05. The van der Waals surface area contributed by atoms with Crippen molar-refractivity contribution in [2.24, 2.45) is 0 Å². The number of aliphatic carboxylic acids is 1. The summed E-state index contributed by atoms with van der Waals surface area (Å²) in [5.41, 5.74) is 4.60. The number of fused-ring (bicyclic) bond motifs is 3. The van der Waals surface area contributed by atoms with Crippen LogP contribution in [0, 0.1) is 0 Å². The number of anilines is 1. The zero-order chi connectivity index (χ0) is 24.1. The molecule has 3 aromatic rings. The smallest absolute Gasteiger partial charge is 0.413 e. The molecule has 8 nitrogen and oxygen atoms in total. The lowest BCUT2D eigenvalue weighted by Crippen LogP contribution is -2.40. The molecule has 34 heavy (non-hydrogen) atoms. The summed E-state index contributed by atoms with van der Waals surface area (Å²) in [6, 6.07) is 15.4. The summed E-state index contributed by atoms with van der Waals surface area (Å²) < 4.78 is 5.53. The van der Waals surface area contributed by atoms with Gasteiger partial charge in [-0.05, 0) is 35.1 Å². The second kappa shape index (κ2) is 10.5. The second-order valence-electron chi connectivity index (χ2n) is 7.95. The van der Waals surface area contributed by atoms with Crippen molar-refractivity contribution in [3.8, 4) is 11.1 Å². The van der Waals surface area contributed by atoms with E-state index in [1.807, 2.05) is 24.3 Å². The van der Waals surface area contributed by atoms with E-state index >= 15 is 0 Å². The van der Waals surface area contributed by atoms with Crippen molar-refractivity contribution in [3.63, 3.8) is 0 Å². The molecule has 3 N–H and O–H groups in total. The van der Waals surface area contributed by atoms with Crippen LogP contribution in [0.15, 0.2) is 54.7 Å². The van der Waals surface area contributed by atoms with E-state index in [0.29, 0.717) is 18.0 Å². The van der Waals surface area contributed by atoms with Crippen LogP contribution in [0.4, 0.5) is 9.93 Å². The number of thiazole rings is 1. The summed E-state index contributed by atoms with van der Waals surface area (Å²) >= 11 is 1.25. The normalized spacial score (nSPS) is 13.0. The number of ether oxygens (including phenoxy) is 1. The summed E-state index contributed by atoms with van der Waals surface area (Å²) in [7, 11) is 0. The number of carboxylic acid groups (broad SMARTS) is 1. The largest absolute Gasteiger partial charge is 0.480 e. The topological polar surface area (TPSA) is 118 Å². The summed E-state index contributed by atoms with van der Waals surface area (Å²) in [5.74, 6) is -1.42. The molecule has 0 saturated carbocycles. The SMILES string of the molecule is CC[C@H](NC(=O)CCc1cnc(NC(=O)OCC2c3ccccc3-c3ccccc32)s1)C(=O)O. The number of carbonyl (C=O) groups is 3. The number of nitrogens with zero attached hydrogens (tertiary/aromatic N) is 1. The number of amides is 2. The maximum Gasteiger partial charge on any atom is 0.413 e. The first-order valence-electron chi connectivity index (χ1n) is 11.0. The zero-order valence-electron chi connectivity index (χ0n) is 18.6. The molecule has 1 aliphatic carbocycles. The fourth-order valence-corrected chi connectivity index (χ4v) is 4.84. The van der Waals surface area contributed by atoms with Crippen LogP contribution < -0.4 is 10.6 Å². The zero-order valence-corrected chi connectivity index (χ0v) is 19.4. The van der Waals surface area contributed by atoms with Crippen LogP contribution in [0.2, 0.25) is 0 Å². The molecule has 4 rings (SSSR count). The van der Waals surface area contributed by atoms with Gasteiger partial charge >= 0.3 is 12.1 Å². The Hall–Kier alpha value is -3.72. The lowest BCUT2D eigenvalue weighted by Gasteiger charge is -2.14. The van der Waals surface area contributed by atoms with Gasteiger partial charge in [-0.15, -0.1) is 11.3 Å². The van der Waals surface area contributed by atoms with E-state index in [0.717, 1.165) is 27.1 Å². The molecule has 2 aromatic carbocycles. The molecule has 9 heteroatoms. The molecule has 1 aromatic heterocycles. The van der Waals surface area contributed by atoms with Gasteiger partial charge in [0.05, 0.1) is 0 Å². The van der Waals surface area contributed by atoms with Crippen LogP contribution in [0.25, 0.3) is 11.1 Å². The molecular formula is C25H25N3O5S. The van der Waals surface area contributed by atoms with Gasteiger partial charge in [-0.1, -0.05) is 55.5 Å². The first-order valence-corrected chi connectivity index (χ1v) is 11.9. The quantitative estimate of drug-likeness (QED) is 0.418. The number of carbonyl (C=O) groups excluding carboxylic acids is 2. The molecule has 1 atom stereocenters. The average Bonchev–Trinajstić information content (AvgIpc) is 3.41. The van der Waals surface area contributed by atoms with Gasteiger partial charge in [0.25, 0.3) is 0 Å². The maximum atomic E-state index is 12.4. The van der Waals surface area contributed by atoms with Crippen LogP contribution in [0.5, 0.6) is 0 Å². The van der Waals surface area contributed by atoms with E-state index in [-0.39, 0.29) is 24.9 Å². The van der Waals surface area contributed by atoms with Crippen molar-refractivity contribution in [2.45, 2.75) is 38.1 Å². The van der Waals surface area contributed by atoms with Crippen molar-refractivity contribution in [1.29, 1.82) is 0 Å². The maximum absolute atomic E-state index is 12.4. The van der Waals surface area contributed by atoms with Gasteiger partial charge in [-0.25, -0.2) is 14.6 Å². The minimum Gasteiger partial charge on any atom is -0.480 e. The van der Waals surface area contributed by atoms with E-state index in [1.54, 1.807) is 13.1 Å². The molecule has 0 unspecified atom stereocenters. The Morgan fingerprint density at radius 1 is 1.09 bits per heavy atom. The predicted octanol–water partition coefficient (Wildman–Crippen LogP) is 4.42. The van der Waals surface area contributed by atoms with Crippen molar-refractivity contribution < 1.29 is 24.2 Å². The van der Waals surface area contributed by atoms with Gasteiger partial charge in [0.1, 0.15) is 12.6 Å². The van der Waals surface area contributed by atoms with Gasteiger partial charge in [-0.3, -0.25) is 10.1 Å². The highest BCUT2D eigenvalue weighted by Gasteiger charge is 2.29. The number of rotatable bonds is 9. The first kappa shape index (κ1) is 23.4. The number of hydrogen-bond donors (Lipinski definition) is 3. The Labute approximate surface area is 201 Å². The van der Waals surface area contributed by atoms with Crippen molar-refractivity contribution in [3.05, 3.63) is 70.7 Å². The van der Waals surface area contributed by atoms with Crippen molar-refractivity contribution in [2.75, 3.05) is 11.9 Å². The third-order valence-electron chi connectivity index (χ3n) is 5.75. The molecule has 0 spiro atoms. The molecule has 1 aliphatic rings. The van der Waals surface area contributed by atoms with Crippen LogP contribution in [0.3, 0.4) is 0 Å². The molecule has 0 radical (unpaired) electrons. The van der Waals surface area contributed by atoms with E-state index in [2.05, 4.69) is 39.9 Å². The van der Waals surface area contributed by atoms with Crippen LogP contribution >= 0.6 is 11.3 Å². The predicted molar refractivity (Wildman–Crippen MR) is 129 cm³/mol. The molecule has 2 amide bonds. The molecular weight excluding hydrogens is 454 g/mol. The molecule has 1 heterocycles. The number of aromatic nitrogens is 1. The Kier molecular flexibility index (Phi) is 7.22. The number of nitrogens with one attached hydrogen (secondary N) is 2. The van der Waals surface area contributed by atoms with Crippen LogP contribution in [0.1, 0.15) is 41.7 Å². The van der Waals surface area contributed by atoms with E-state index in [4.69, 9.17) is 9.84 Å². The van der Waals surface area contributed by atoms with Crippen LogP contribution in [-0.2, 0) is 20.7 Å². The van der Waals surface area contributed by atoms with Gasteiger partial charge in [-0.2, -0.15) is 0 Å². The molecule has 0 aliphatic heterocycles. The van der Waals surface area contributed by atoms with Gasteiger partial charge in [0.15, 0.2) is 5.13 Å². The molecule has 0 fully saturated rings. The monoisotopic (exact) mass is 479 g/mol. The summed E-state index contributed by atoms with van der Waals surface area (Å²) in [5, 5.41) is 14.5. The highest BCUT2D eigenvalue weighted by molar-refractivity contribution is 7.15. The lowest BCUT2D eigenvalue weighted by atomic mass is 9.98. The standard InChI is InChI=1S/C25H25N3O5S/c1-2-21(23(30)31)27-22(29)12-11-15-13-26-24(34-15)28-25(32)33-14-20-18-9-5-3-7-16(18)17-8-4-6-10-19(17)20/h3-10,13,20-21H,2,11-12,14H2,1H3,(H,27,29)(H,30,31)(H,26,28,32)/t21-/m0/s1. The number of carboxylic acids is 1. The van der Waals surface area contributed by atoms with E-state index < -0.39 is 18.1 Å². The Balaban J connectivity index is 1.29. The third kappa shape index (κ3) is 5.26. The molecule has 0 bridgehead atoms. The Bertz CT molecular complexity index is 1160. The van der Waals surface area contributed by atoms with Crippen molar-refractivity contribution in [1.82, 2.24) is 10.3 Å². The summed E-state index contributed by atoms with van der Waals surface area (Å²) in [6.45, 7) is 1.91. The fourth-order valence-electron chi connectivity index (χ4n) is 4.04. The number of hydrogen-bond acceptors (Lipinski definition) is 6. The summed E-state index contributed by atoms with van der Waals surface area (Å²) in [6.07, 6.45) is 1.84. The molecule has 176 valence electrons. The molecule has 0 saturated heterocycles. The first-order chi connectivity index (χ1) is 16.5. The highest BCUT2D eigenvalue weighted by atomic mass is 32.1. The Morgan fingerprint density at radius 2 is 1.74 bits per heavy atom. The second-order valence-corrected chi connectivity index (χ2v) is 9.06.